The second-order valence-electron chi connectivity index (χ2n) is 6.99. The van der Waals surface area contributed by atoms with Crippen LogP contribution in [0.5, 0.6) is 0 Å². The third kappa shape index (κ3) is 3.77. The van der Waals surface area contributed by atoms with Crippen molar-refractivity contribution in [3.05, 3.63) is 59.2 Å². The Morgan fingerprint density at radius 2 is 1.69 bits per heavy atom. The number of rotatable bonds is 3. The number of anilines is 1. The van der Waals surface area contributed by atoms with Crippen LogP contribution >= 0.6 is 0 Å². The van der Waals surface area contributed by atoms with Crippen molar-refractivity contribution in [1.82, 2.24) is 4.31 Å². The topological polar surface area (TPSA) is 66.9 Å². The summed E-state index contributed by atoms with van der Waals surface area (Å²) < 4.78 is 59.7. The fraction of sp³-hybridized carbons (Fsp3) is 0.350. The highest BCUT2D eigenvalue weighted by Gasteiger charge is 2.29. The Bertz CT molecular complexity index is 1040. The fourth-order valence-electron chi connectivity index (χ4n) is 3.68. The highest BCUT2D eigenvalue weighted by molar-refractivity contribution is 7.89. The van der Waals surface area contributed by atoms with Crippen molar-refractivity contribution in [2.24, 2.45) is 0 Å². The predicted octanol–water partition coefficient (Wildman–Crippen LogP) is 2.58. The first-order valence-corrected chi connectivity index (χ1v) is 10.8. The summed E-state index contributed by atoms with van der Waals surface area (Å²) in [5, 5.41) is 0. The van der Waals surface area contributed by atoms with E-state index < -0.39 is 27.6 Å². The molecule has 1 saturated heterocycles. The van der Waals surface area contributed by atoms with Crippen molar-refractivity contribution in [2.75, 3.05) is 37.7 Å². The summed E-state index contributed by atoms with van der Waals surface area (Å²) in [5.41, 5.74) is 0.796. The van der Waals surface area contributed by atoms with E-state index in [0.29, 0.717) is 38.2 Å². The molecule has 0 unspecified atom stereocenters. The molecule has 2 aliphatic rings. The van der Waals surface area contributed by atoms with Crippen LogP contribution in [0, 0.1) is 11.6 Å². The van der Waals surface area contributed by atoms with E-state index >= 15 is 0 Å². The number of morpholine rings is 1. The van der Waals surface area contributed by atoms with Gasteiger partial charge < -0.3 is 9.64 Å². The molecule has 0 aliphatic carbocycles. The summed E-state index contributed by atoms with van der Waals surface area (Å²) in [6, 6.07) is 7.61. The zero-order valence-corrected chi connectivity index (χ0v) is 16.4. The predicted molar refractivity (Wildman–Crippen MR) is 102 cm³/mol. The molecule has 0 N–H and O–H groups in total. The van der Waals surface area contributed by atoms with Crippen molar-refractivity contribution in [3.63, 3.8) is 0 Å². The van der Waals surface area contributed by atoms with Gasteiger partial charge in [0, 0.05) is 36.8 Å². The Labute approximate surface area is 167 Å². The highest BCUT2D eigenvalue weighted by atomic mass is 32.2. The number of hydrogen-bond donors (Lipinski definition) is 0. The van der Waals surface area contributed by atoms with E-state index in [4.69, 9.17) is 4.74 Å². The molecule has 2 heterocycles. The molecule has 154 valence electrons. The summed E-state index contributed by atoms with van der Waals surface area (Å²) in [5.74, 6) is -1.83. The van der Waals surface area contributed by atoms with Crippen molar-refractivity contribution < 1.29 is 26.7 Å². The molecule has 0 bridgehead atoms. The van der Waals surface area contributed by atoms with Gasteiger partial charge in [0.15, 0.2) is 0 Å². The van der Waals surface area contributed by atoms with Gasteiger partial charge in [0.05, 0.1) is 23.8 Å². The van der Waals surface area contributed by atoms with Crippen LogP contribution in [0.25, 0.3) is 0 Å². The van der Waals surface area contributed by atoms with Crippen LogP contribution in [0.1, 0.15) is 22.3 Å². The maximum absolute atomic E-state index is 14.1. The molecule has 29 heavy (non-hydrogen) atoms. The molecular weight excluding hydrogens is 402 g/mol. The zero-order chi connectivity index (χ0) is 20.6. The maximum atomic E-state index is 14.1. The largest absolute Gasteiger partial charge is 0.379 e. The second kappa shape index (κ2) is 7.81. The van der Waals surface area contributed by atoms with Gasteiger partial charge in [-0.3, -0.25) is 4.79 Å². The highest BCUT2D eigenvalue weighted by Crippen LogP contribution is 2.31. The van der Waals surface area contributed by atoms with Gasteiger partial charge in [-0.25, -0.2) is 17.2 Å². The fourth-order valence-corrected chi connectivity index (χ4v) is 5.09. The Morgan fingerprint density at radius 3 is 2.38 bits per heavy atom. The van der Waals surface area contributed by atoms with Crippen LogP contribution in [0.2, 0.25) is 0 Å². The first-order valence-electron chi connectivity index (χ1n) is 9.35. The lowest BCUT2D eigenvalue weighted by Crippen LogP contribution is -2.40. The quantitative estimate of drug-likeness (QED) is 0.763. The van der Waals surface area contributed by atoms with E-state index in [2.05, 4.69) is 0 Å². The van der Waals surface area contributed by atoms with Crippen LogP contribution in [0.15, 0.2) is 41.3 Å². The number of ether oxygens (including phenoxy) is 1. The van der Waals surface area contributed by atoms with E-state index in [1.807, 2.05) is 0 Å². The van der Waals surface area contributed by atoms with E-state index in [-0.39, 0.29) is 29.2 Å². The molecule has 0 aromatic heterocycles. The molecule has 1 fully saturated rings. The van der Waals surface area contributed by atoms with Crippen LogP contribution in [-0.4, -0.2) is 51.5 Å². The minimum absolute atomic E-state index is 0.0899. The van der Waals surface area contributed by atoms with Crippen LogP contribution in [-0.2, 0) is 21.2 Å². The summed E-state index contributed by atoms with van der Waals surface area (Å²) in [4.78, 5) is 14.4. The molecule has 4 rings (SSSR count). The number of halogens is 2. The Hall–Kier alpha value is -2.36. The van der Waals surface area contributed by atoms with Gasteiger partial charge in [0.2, 0.25) is 10.0 Å². The second-order valence-corrected chi connectivity index (χ2v) is 8.92. The normalized spacial score (nSPS) is 17.8. The molecule has 2 aromatic carbocycles. The van der Waals surface area contributed by atoms with Crippen molar-refractivity contribution in [1.29, 1.82) is 0 Å². The zero-order valence-electron chi connectivity index (χ0n) is 15.6. The molecule has 0 atom stereocenters. The van der Waals surface area contributed by atoms with Crippen molar-refractivity contribution >= 4 is 21.6 Å². The van der Waals surface area contributed by atoms with Crippen molar-refractivity contribution in [3.8, 4) is 0 Å². The minimum Gasteiger partial charge on any atom is -0.379 e. The van der Waals surface area contributed by atoms with Crippen molar-refractivity contribution in [2.45, 2.75) is 17.7 Å². The summed E-state index contributed by atoms with van der Waals surface area (Å²) in [7, 11) is -3.66. The Kier molecular flexibility index (Phi) is 5.37. The van der Waals surface area contributed by atoms with E-state index in [1.54, 1.807) is 0 Å². The molecule has 9 heteroatoms. The minimum atomic E-state index is -3.66. The van der Waals surface area contributed by atoms with Gasteiger partial charge in [-0.1, -0.05) is 0 Å². The van der Waals surface area contributed by atoms with E-state index in [9.17, 15) is 22.0 Å². The Morgan fingerprint density at radius 1 is 1.00 bits per heavy atom. The van der Waals surface area contributed by atoms with Gasteiger partial charge >= 0.3 is 0 Å². The van der Waals surface area contributed by atoms with Gasteiger partial charge in [-0.15, -0.1) is 0 Å². The molecule has 6 nitrogen and oxygen atoms in total. The number of fused-ring (bicyclic) bond motifs is 1. The summed E-state index contributed by atoms with van der Waals surface area (Å²) in [6.07, 6.45) is 0.993. The molecule has 0 radical (unpaired) electrons. The van der Waals surface area contributed by atoms with Crippen LogP contribution < -0.4 is 4.90 Å². The molecule has 1 amide bonds. The lowest BCUT2D eigenvalue weighted by Gasteiger charge is -2.30. The average molecular weight is 422 g/mol. The lowest BCUT2D eigenvalue weighted by molar-refractivity contribution is 0.0730. The number of sulfonamides is 1. The van der Waals surface area contributed by atoms with Gasteiger partial charge in [-0.05, 0) is 43.2 Å². The Balaban J connectivity index is 1.60. The third-order valence-electron chi connectivity index (χ3n) is 5.19. The van der Waals surface area contributed by atoms with Crippen LogP contribution in [0.4, 0.5) is 14.5 Å². The lowest BCUT2D eigenvalue weighted by atomic mass is 10.00. The van der Waals surface area contributed by atoms with Crippen LogP contribution in [0.3, 0.4) is 0 Å². The number of benzene rings is 2. The third-order valence-corrected chi connectivity index (χ3v) is 7.10. The molecule has 2 aromatic rings. The standard InChI is InChI=1S/C20H20F2N2O4S/c21-15-12-18(22)17-2-1-7-24(19(17)13-15)20(25)14-3-5-16(6-4-14)29(26,27)23-8-10-28-11-9-23/h3-6,12-13H,1-2,7-11H2. The maximum Gasteiger partial charge on any atom is 0.258 e. The molecular formula is C20H20F2N2O4S. The molecule has 0 spiro atoms. The number of amides is 1. The summed E-state index contributed by atoms with van der Waals surface area (Å²) >= 11 is 0. The average Bonchev–Trinajstić information content (AvgIpc) is 2.73. The van der Waals surface area contributed by atoms with Gasteiger partial charge in [0.25, 0.3) is 5.91 Å². The number of nitrogens with zero attached hydrogens (tertiary/aromatic N) is 2. The van der Waals surface area contributed by atoms with E-state index in [0.717, 1.165) is 12.1 Å². The number of carbonyl (C=O) groups is 1. The van der Waals surface area contributed by atoms with Gasteiger partial charge in [0.1, 0.15) is 11.6 Å². The first-order chi connectivity index (χ1) is 13.9. The molecule has 2 aliphatic heterocycles. The SMILES string of the molecule is O=C(c1ccc(S(=O)(=O)N2CCOCC2)cc1)N1CCCc2c(F)cc(F)cc21. The smallest absolute Gasteiger partial charge is 0.258 e. The number of carbonyl (C=O) groups excluding carboxylic acids is 1. The number of hydrogen-bond acceptors (Lipinski definition) is 4. The summed E-state index contributed by atoms with van der Waals surface area (Å²) in [6.45, 7) is 1.59. The molecule has 0 saturated carbocycles. The van der Waals surface area contributed by atoms with Gasteiger partial charge in [-0.2, -0.15) is 4.31 Å². The first kappa shape index (κ1) is 19.9. The van der Waals surface area contributed by atoms with E-state index in [1.165, 1.54) is 33.5 Å². The monoisotopic (exact) mass is 422 g/mol.